The highest BCUT2D eigenvalue weighted by Gasteiger charge is 2.57. The summed E-state index contributed by atoms with van der Waals surface area (Å²) in [6, 6.07) is 0. The molecule has 2 aliphatic carbocycles. The predicted octanol–water partition coefficient (Wildman–Crippen LogP) is 2.95. The van der Waals surface area contributed by atoms with E-state index in [1.807, 2.05) is 0 Å². The lowest BCUT2D eigenvalue weighted by atomic mass is 9.68. The molecule has 19 heavy (non-hydrogen) atoms. The molecule has 0 unspecified atom stereocenters. The van der Waals surface area contributed by atoms with Gasteiger partial charge in [0, 0.05) is 11.8 Å². The zero-order chi connectivity index (χ0) is 13.7. The molecule has 1 saturated carbocycles. The molecular formula is C16H24O3. The predicted molar refractivity (Wildman–Crippen MR) is 72.6 cm³/mol. The summed E-state index contributed by atoms with van der Waals surface area (Å²) in [7, 11) is 0. The van der Waals surface area contributed by atoms with Crippen molar-refractivity contribution in [2.24, 2.45) is 22.7 Å². The molecule has 1 saturated heterocycles. The highest BCUT2D eigenvalue weighted by Crippen LogP contribution is 2.59. The number of fused-ring (bicyclic) bond motifs is 1. The molecule has 3 nitrogen and oxygen atoms in total. The maximum absolute atomic E-state index is 12.4. The molecule has 3 atom stereocenters. The number of Topliss-reactive ketones (excluding diaryl/α,β-unsaturated/α-hetero) is 1. The first-order valence-electron chi connectivity index (χ1n) is 7.40. The van der Waals surface area contributed by atoms with E-state index in [1.54, 1.807) is 0 Å². The van der Waals surface area contributed by atoms with Crippen molar-refractivity contribution in [1.82, 2.24) is 0 Å². The van der Waals surface area contributed by atoms with E-state index < -0.39 is 0 Å². The molecule has 3 heteroatoms. The molecule has 0 radical (unpaired) electrons. The molecule has 0 aromatic heterocycles. The van der Waals surface area contributed by atoms with Gasteiger partial charge in [0.05, 0.1) is 13.2 Å². The normalized spacial score (nSPS) is 41.1. The second-order valence-corrected chi connectivity index (χ2v) is 7.05. The van der Waals surface area contributed by atoms with Gasteiger partial charge in [-0.05, 0) is 37.0 Å². The van der Waals surface area contributed by atoms with Crippen LogP contribution in [0, 0.1) is 22.7 Å². The molecule has 1 heterocycles. The minimum absolute atomic E-state index is 0.0422. The van der Waals surface area contributed by atoms with Gasteiger partial charge < -0.3 is 9.47 Å². The van der Waals surface area contributed by atoms with Gasteiger partial charge >= 0.3 is 0 Å². The molecule has 0 aromatic carbocycles. The van der Waals surface area contributed by atoms with E-state index in [4.69, 9.17) is 9.47 Å². The molecule has 0 bridgehead atoms. The van der Waals surface area contributed by atoms with E-state index in [9.17, 15) is 4.79 Å². The summed E-state index contributed by atoms with van der Waals surface area (Å²) >= 11 is 0. The Labute approximate surface area is 115 Å². The summed E-state index contributed by atoms with van der Waals surface area (Å²) < 4.78 is 11.0. The summed E-state index contributed by atoms with van der Waals surface area (Å²) in [4.78, 5) is 12.4. The van der Waals surface area contributed by atoms with Crippen LogP contribution in [0.15, 0.2) is 12.2 Å². The monoisotopic (exact) mass is 264 g/mol. The minimum Gasteiger partial charge on any atom is -0.350 e. The molecule has 0 spiro atoms. The lowest BCUT2D eigenvalue weighted by molar-refractivity contribution is -0.124. The van der Waals surface area contributed by atoms with Gasteiger partial charge in [-0.2, -0.15) is 0 Å². The van der Waals surface area contributed by atoms with Crippen molar-refractivity contribution in [1.29, 1.82) is 0 Å². The maximum atomic E-state index is 12.4. The molecule has 0 aromatic rings. The van der Waals surface area contributed by atoms with Crippen molar-refractivity contribution in [2.45, 2.75) is 46.3 Å². The van der Waals surface area contributed by atoms with Crippen LogP contribution in [0.4, 0.5) is 0 Å². The molecule has 106 valence electrons. The Hall–Kier alpha value is -0.670. The van der Waals surface area contributed by atoms with Crippen LogP contribution in [-0.2, 0) is 14.3 Å². The highest BCUT2D eigenvalue weighted by molar-refractivity contribution is 5.90. The molecule has 1 aliphatic heterocycles. The lowest BCUT2D eigenvalue weighted by Crippen LogP contribution is -2.33. The third kappa shape index (κ3) is 2.07. The van der Waals surface area contributed by atoms with Crippen molar-refractivity contribution in [3.63, 3.8) is 0 Å². The van der Waals surface area contributed by atoms with Gasteiger partial charge in [-0.1, -0.05) is 26.0 Å². The fraction of sp³-hybridized carbons (Fsp3) is 0.812. The molecule has 3 aliphatic rings. The lowest BCUT2D eigenvalue weighted by Gasteiger charge is -2.35. The van der Waals surface area contributed by atoms with Crippen molar-refractivity contribution in [3.05, 3.63) is 12.2 Å². The summed E-state index contributed by atoms with van der Waals surface area (Å²) in [5.74, 6) is 1.32. The van der Waals surface area contributed by atoms with E-state index in [-0.39, 0.29) is 17.1 Å². The van der Waals surface area contributed by atoms with E-state index in [1.165, 1.54) is 0 Å². The maximum Gasteiger partial charge on any atom is 0.157 e. The van der Waals surface area contributed by atoms with Crippen LogP contribution in [0.3, 0.4) is 0 Å². The fourth-order valence-corrected chi connectivity index (χ4v) is 4.50. The first kappa shape index (κ1) is 13.3. The van der Waals surface area contributed by atoms with Gasteiger partial charge in [-0.15, -0.1) is 0 Å². The standard InChI is InChI=1S/C16H24O3/c1-15(2)6-7-16(3)12(17)10-11(14(15)16)4-5-13-18-8-9-19-13/h6-7,11,13-14H,4-5,8-10H2,1-3H3/t11-,14+,16-/m1/s1. The summed E-state index contributed by atoms with van der Waals surface area (Å²) in [5.41, 5.74) is -0.103. The first-order chi connectivity index (χ1) is 8.93. The molecule has 3 rings (SSSR count). The third-order valence-electron chi connectivity index (χ3n) is 5.29. The smallest absolute Gasteiger partial charge is 0.157 e. The van der Waals surface area contributed by atoms with E-state index in [2.05, 4.69) is 32.9 Å². The van der Waals surface area contributed by atoms with Crippen LogP contribution < -0.4 is 0 Å². The summed E-state index contributed by atoms with van der Waals surface area (Å²) in [6.07, 6.45) is 7.02. The van der Waals surface area contributed by atoms with Crippen molar-refractivity contribution < 1.29 is 14.3 Å². The Morgan fingerprint density at radius 3 is 2.53 bits per heavy atom. The zero-order valence-corrected chi connectivity index (χ0v) is 12.1. The van der Waals surface area contributed by atoms with Crippen LogP contribution >= 0.6 is 0 Å². The van der Waals surface area contributed by atoms with Crippen molar-refractivity contribution >= 4 is 5.78 Å². The van der Waals surface area contributed by atoms with E-state index in [0.717, 1.165) is 19.3 Å². The Morgan fingerprint density at radius 1 is 1.16 bits per heavy atom. The molecular weight excluding hydrogens is 240 g/mol. The third-order valence-corrected chi connectivity index (χ3v) is 5.29. The molecule has 2 fully saturated rings. The van der Waals surface area contributed by atoms with E-state index >= 15 is 0 Å². The second-order valence-electron chi connectivity index (χ2n) is 7.05. The largest absolute Gasteiger partial charge is 0.350 e. The topological polar surface area (TPSA) is 35.5 Å². The first-order valence-corrected chi connectivity index (χ1v) is 7.40. The van der Waals surface area contributed by atoms with Gasteiger partial charge in [-0.3, -0.25) is 4.79 Å². The van der Waals surface area contributed by atoms with Gasteiger partial charge in [-0.25, -0.2) is 0 Å². The number of hydrogen-bond donors (Lipinski definition) is 0. The number of ketones is 1. The highest BCUT2D eigenvalue weighted by atomic mass is 16.7. The van der Waals surface area contributed by atoms with Gasteiger partial charge in [0.1, 0.15) is 5.78 Å². The minimum atomic E-state index is -0.231. The van der Waals surface area contributed by atoms with Gasteiger partial charge in [0.25, 0.3) is 0 Å². The quantitative estimate of drug-likeness (QED) is 0.735. The number of ether oxygens (including phenoxy) is 2. The Bertz CT molecular complexity index is 406. The SMILES string of the molecule is CC1(C)C=C[C@]2(C)C(=O)C[C@@H](CCC3OCCO3)[C@@H]12. The van der Waals surface area contributed by atoms with Crippen molar-refractivity contribution in [3.8, 4) is 0 Å². The van der Waals surface area contributed by atoms with Gasteiger partial charge in [0.15, 0.2) is 6.29 Å². The fourth-order valence-electron chi connectivity index (χ4n) is 4.50. The van der Waals surface area contributed by atoms with Gasteiger partial charge in [0.2, 0.25) is 0 Å². The summed E-state index contributed by atoms with van der Waals surface area (Å²) in [5, 5.41) is 0. The van der Waals surface area contributed by atoms with Crippen LogP contribution in [0.2, 0.25) is 0 Å². The average Bonchev–Trinajstić information content (AvgIpc) is 2.98. The van der Waals surface area contributed by atoms with E-state index in [0.29, 0.717) is 30.8 Å². The number of carbonyl (C=O) groups is 1. The molecule has 0 N–H and O–H groups in total. The van der Waals surface area contributed by atoms with Crippen molar-refractivity contribution in [2.75, 3.05) is 13.2 Å². The van der Waals surface area contributed by atoms with Crippen LogP contribution in [0.5, 0.6) is 0 Å². The Kier molecular flexibility index (Phi) is 3.10. The Morgan fingerprint density at radius 2 is 1.84 bits per heavy atom. The Balaban J connectivity index is 1.70. The number of carbonyl (C=O) groups excluding carboxylic acids is 1. The zero-order valence-electron chi connectivity index (χ0n) is 12.1. The molecule has 0 amide bonds. The van der Waals surface area contributed by atoms with Crippen LogP contribution in [0.1, 0.15) is 40.0 Å². The number of hydrogen-bond acceptors (Lipinski definition) is 3. The number of allylic oxidation sites excluding steroid dienone is 2. The van der Waals surface area contributed by atoms with Crippen LogP contribution in [0.25, 0.3) is 0 Å². The number of rotatable bonds is 3. The second kappa shape index (κ2) is 4.42. The average molecular weight is 264 g/mol. The van der Waals surface area contributed by atoms with Crippen LogP contribution in [-0.4, -0.2) is 25.3 Å². The summed E-state index contributed by atoms with van der Waals surface area (Å²) in [6.45, 7) is 8.06.